The third kappa shape index (κ3) is 11.3. The van der Waals surface area contributed by atoms with Gasteiger partial charge in [0.25, 0.3) is 0 Å². The molecule has 1 atom stereocenters. The number of hydrogen-bond acceptors (Lipinski definition) is 3. The number of unbranched alkanes of at least 4 members (excludes halogenated alkanes) is 5. The van der Waals surface area contributed by atoms with Crippen molar-refractivity contribution in [2.75, 3.05) is 13.2 Å². The molecule has 0 aromatic rings. The van der Waals surface area contributed by atoms with E-state index in [-0.39, 0.29) is 0 Å². The average Bonchev–Trinajstić information content (AvgIpc) is 2.40. The fourth-order valence-electron chi connectivity index (χ4n) is 2.41. The van der Waals surface area contributed by atoms with Crippen molar-refractivity contribution >= 4 is 0 Å². The zero-order chi connectivity index (χ0) is 15.3. The summed E-state index contributed by atoms with van der Waals surface area (Å²) in [6.45, 7) is 10.0. The molecule has 0 rings (SSSR count). The van der Waals surface area contributed by atoms with Crippen LogP contribution < -0.4 is 5.32 Å². The maximum Gasteiger partial charge on any atom is 0.104 e. The summed E-state index contributed by atoms with van der Waals surface area (Å²) in [5, 5.41) is 12.5. The Balaban J connectivity index is 3.45. The molecule has 1 N–H and O–H groups in total. The smallest absolute Gasteiger partial charge is 0.104 e. The van der Waals surface area contributed by atoms with Crippen molar-refractivity contribution in [3.05, 3.63) is 0 Å². The van der Waals surface area contributed by atoms with Crippen molar-refractivity contribution in [2.24, 2.45) is 0 Å². The summed E-state index contributed by atoms with van der Waals surface area (Å²) < 4.78 is 5.65. The van der Waals surface area contributed by atoms with Crippen LogP contribution in [0, 0.1) is 11.3 Å². The van der Waals surface area contributed by atoms with Crippen LogP contribution in [-0.2, 0) is 4.74 Å². The average molecular weight is 282 g/mol. The van der Waals surface area contributed by atoms with Crippen LogP contribution in [-0.4, -0.2) is 24.8 Å². The van der Waals surface area contributed by atoms with Gasteiger partial charge in [-0.1, -0.05) is 39.0 Å². The molecule has 0 radical (unpaired) electrons. The van der Waals surface area contributed by atoms with E-state index in [1.54, 1.807) is 0 Å². The molecule has 0 saturated carbocycles. The van der Waals surface area contributed by atoms with Crippen molar-refractivity contribution in [2.45, 2.75) is 90.6 Å². The standard InChI is InChI=1S/C17H34N2O/c1-5-6-7-8-9-10-13-20-14-11-12-17(4,15-18)19-16(2)3/h16,19H,5-14H2,1-4H3. The lowest BCUT2D eigenvalue weighted by atomic mass is 9.97. The van der Waals surface area contributed by atoms with Gasteiger partial charge in [-0.15, -0.1) is 0 Å². The Morgan fingerprint density at radius 1 is 1.05 bits per heavy atom. The molecule has 0 aliphatic heterocycles. The SMILES string of the molecule is CCCCCCCCOCCCC(C)(C#N)NC(C)C. The molecule has 0 aliphatic carbocycles. The number of nitrogens with one attached hydrogen (secondary N) is 1. The van der Waals surface area contributed by atoms with E-state index in [2.05, 4.69) is 32.2 Å². The third-order valence-electron chi connectivity index (χ3n) is 3.46. The highest BCUT2D eigenvalue weighted by Crippen LogP contribution is 2.12. The second-order valence-corrected chi connectivity index (χ2v) is 6.23. The molecule has 20 heavy (non-hydrogen) atoms. The molecule has 0 aromatic heterocycles. The fraction of sp³-hybridized carbons (Fsp3) is 0.941. The number of nitriles is 1. The highest BCUT2D eigenvalue weighted by molar-refractivity contribution is 5.04. The summed E-state index contributed by atoms with van der Waals surface area (Å²) in [6.07, 6.45) is 9.60. The van der Waals surface area contributed by atoms with Gasteiger partial charge in [-0.3, -0.25) is 5.32 Å². The lowest BCUT2D eigenvalue weighted by molar-refractivity contribution is 0.121. The zero-order valence-corrected chi connectivity index (χ0v) is 14.0. The summed E-state index contributed by atoms with van der Waals surface area (Å²) in [7, 11) is 0. The second kappa shape index (κ2) is 12.2. The Labute approximate surface area is 126 Å². The van der Waals surface area contributed by atoms with E-state index in [4.69, 9.17) is 4.74 Å². The highest BCUT2D eigenvalue weighted by atomic mass is 16.5. The van der Waals surface area contributed by atoms with Crippen LogP contribution in [0.4, 0.5) is 0 Å². The Bertz CT molecular complexity index is 260. The molecular weight excluding hydrogens is 248 g/mol. The van der Waals surface area contributed by atoms with Crippen LogP contribution >= 0.6 is 0 Å². The van der Waals surface area contributed by atoms with Crippen LogP contribution in [0.2, 0.25) is 0 Å². The largest absolute Gasteiger partial charge is 0.381 e. The highest BCUT2D eigenvalue weighted by Gasteiger charge is 2.23. The van der Waals surface area contributed by atoms with Crippen molar-refractivity contribution in [1.82, 2.24) is 5.32 Å². The molecule has 1 unspecified atom stereocenters. The first-order valence-electron chi connectivity index (χ1n) is 8.30. The van der Waals surface area contributed by atoms with Crippen LogP contribution in [0.1, 0.15) is 79.1 Å². The molecule has 0 heterocycles. The summed E-state index contributed by atoms with van der Waals surface area (Å²) in [5.74, 6) is 0. The van der Waals surface area contributed by atoms with Crippen molar-refractivity contribution < 1.29 is 4.74 Å². The number of nitrogens with zero attached hydrogens (tertiary/aromatic N) is 1. The van der Waals surface area contributed by atoms with Gasteiger partial charge in [-0.25, -0.2) is 0 Å². The van der Waals surface area contributed by atoms with Gasteiger partial charge in [0.2, 0.25) is 0 Å². The maximum atomic E-state index is 9.22. The van der Waals surface area contributed by atoms with Gasteiger partial charge in [0, 0.05) is 19.3 Å². The monoisotopic (exact) mass is 282 g/mol. The molecule has 0 aliphatic rings. The molecule has 0 fully saturated rings. The van der Waals surface area contributed by atoms with Gasteiger partial charge in [-0.05, 0) is 40.0 Å². The second-order valence-electron chi connectivity index (χ2n) is 6.23. The van der Waals surface area contributed by atoms with Crippen molar-refractivity contribution in [3.8, 4) is 6.07 Å². The lowest BCUT2D eigenvalue weighted by Gasteiger charge is -2.25. The van der Waals surface area contributed by atoms with E-state index >= 15 is 0 Å². The summed E-state index contributed by atoms with van der Waals surface area (Å²) in [6, 6.07) is 2.71. The minimum atomic E-state index is -0.419. The molecule has 0 saturated heterocycles. The van der Waals surface area contributed by atoms with Gasteiger partial charge >= 0.3 is 0 Å². The summed E-state index contributed by atoms with van der Waals surface area (Å²) in [4.78, 5) is 0. The van der Waals surface area contributed by atoms with E-state index in [0.717, 1.165) is 26.1 Å². The molecular formula is C17H34N2O. The van der Waals surface area contributed by atoms with E-state index in [1.165, 1.54) is 38.5 Å². The normalized spacial score (nSPS) is 14.2. The van der Waals surface area contributed by atoms with Gasteiger partial charge in [0.15, 0.2) is 0 Å². The molecule has 0 spiro atoms. The van der Waals surface area contributed by atoms with Gasteiger partial charge in [0.1, 0.15) is 5.54 Å². The third-order valence-corrected chi connectivity index (χ3v) is 3.46. The van der Waals surface area contributed by atoms with Crippen LogP contribution in [0.25, 0.3) is 0 Å². The number of rotatable bonds is 13. The first-order valence-corrected chi connectivity index (χ1v) is 8.30. The fourth-order valence-corrected chi connectivity index (χ4v) is 2.41. The van der Waals surface area contributed by atoms with Crippen molar-refractivity contribution in [3.63, 3.8) is 0 Å². The minimum absolute atomic E-state index is 0.337. The van der Waals surface area contributed by atoms with E-state index in [1.807, 2.05) is 6.92 Å². The molecule has 0 amide bonds. The molecule has 0 bridgehead atoms. The first-order chi connectivity index (χ1) is 9.54. The van der Waals surface area contributed by atoms with Crippen molar-refractivity contribution in [1.29, 1.82) is 5.26 Å². The zero-order valence-electron chi connectivity index (χ0n) is 14.0. The topological polar surface area (TPSA) is 45.0 Å². The summed E-state index contributed by atoms with van der Waals surface area (Å²) in [5.41, 5.74) is -0.419. The molecule has 0 aromatic carbocycles. The minimum Gasteiger partial charge on any atom is -0.381 e. The van der Waals surface area contributed by atoms with Gasteiger partial charge < -0.3 is 4.74 Å². The Morgan fingerprint density at radius 3 is 2.25 bits per heavy atom. The van der Waals surface area contributed by atoms with Crippen LogP contribution in [0.15, 0.2) is 0 Å². The quantitative estimate of drug-likeness (QED) is 0.508. The predicted octanol–water partition coefficient (Wildman–Crippen LogP) is 4.42. The van der Waals surface area contributed by atoms with Gasteiger partial charge in [0.05, 0.1) is 6.07 Å². The van der Waals surface area contributed by atoms with E-state index in [9.17, 15) is 5.26 Å². The van der Waals surface area contributed by atoms with Crippen LogP contribution in [0.3, 0.4) is 0 Å². The van der Waals surface area contributed by atoms with Crippen LogP contribution in [0.5, 0.6) is 0 Å². The Morgan fingerprint density at radius 2 is 1.65 bits per heavy atom. The Kier molecular flexibility index (Phi) is 11.8. The molecule has 3 heteroatoms. The predicted molar refractivity (Wildman–Crippen MR) is 85.7 cm³/mol. The maximum absolute atomic E-state index is 9.22. The first kappa shape index (κ1) is 19.4. The number of ether oxygens (including phenoxy) is 1. The Hall–Kier alpha value is -0.590. The number of hydrogen-bond donors (Lipinski definition) is 1. The van der Waals surface area contributed by atoms with E-state index in [0.29, 0.717) is 6.04 Å². The lowest BCUT2D eigenvalue weighted by Crippen LogP contribution is -2.45. The van der Waals surface area contributed by atoms with Gasteiger partial charge in [-0.2, -0.15) is 5.26 Å². The van der Waals surface area contributed by atoms with E-state index < -0.39 is 5.54 Å². The summed E-state index contributed by atoms with van der Waals surface area (Å²) >= 11 is 0. The molecule has 3 nitrogen and oxygen atoms in total. The molecule has 118 valence electrons.